The van der Waals surface area contributed by atoms with Crippen LogP contribution in [0.2, 0.25) is 0 Å². The van der Waals surface area contributed by atoms with Gasteiger partial charge in [0.15, 0.2) is 5.82 Å². The summed E-state index contributed by atoms with van der Waals surface area (Å²) >= 11 is 0. The van der Waals surface area contributed by atoms with Gasteiger partial charge >= 0.3 is 0 Å². The molecule has 90 valence electrons. The first-order chi connectivity index (χ1) is 8.74. The molecule has 6 heteroatoms. The Morgan fingerprint density at radius 2 is 2.11 bits per heavy atom. The van der Waals surface area contributed by atoms with Crippen molar-refractivity contribution in [3.8, 4) is 0 Å². The zero-order valence-corrected chi connectivity index (χ0v) is 9.83. The minimum absolute atomic E-state index is 0.380. The Bertz CT molecular complexity index is 676. The minimum atomic E-state index is -0.380. The Morgan fingerprint density at radius 3 is 2.89 bits per heavy atom. The summed E-state index contributed by atoms with van der Waals surface area (Å²) in [7, 11) is 0. The number of aryl methyl sites for hydroxylation is 1. The van der Waals surface area contributed by atoms with E-state index >= 15 is 0 Å². The maximum atomic E-state index is 6.08. The highest BCUT2D eigenvalue weighted by Crippen LogP contribution is 2.20. The van der Waals surface area contributed by atoms with Gasteiger partial charge in [-0.1, -0.05) is 17.3 Å². The fourth-order valence-electron chi connectivity index (χ4n) is 1.89. The van der Waals surface area contributed by atoms with Crippen molar-refractivity contribution < 1.29 is 0 Å². The summed E-state index contributed by atoms with van der Waals surface area (Å²) in [6, 6.07) is 9.53. The van der Waals surface area contributed by atoms with E-state index in [1.807, 2.05) is 37.3 Å². The number of H-pyrrole nitrogens is 1. The second-order valence-corrected chi connectivity index (χ2v) is 4.15. The van der Waals surface area contributed by atoms with Crippen LogP contribution in [0.15, 0.2) is 30.3 Å². The normalized spacial score (nSPS) is 12.8. The Balaban J connectivity index is 2.06. The van der Waals surface area contributed by atoms with Crippen LogP contribution in [0.4, 0.5) is 0 Å². The summed E-state index contributed by atoms with van der Waals surface area (Å²) in [6.45, 7) is 1.97. The number of nitrogens with zero attached hydrogens (tertiary/aromatic N) is 4. The van der Waals surface area contributed by atoms with Gasteiger partial charge in [0.1, 0.15) is 0 Å². The predicted molar refractivity (Wildman–Crippen MR) is 66.7 cm³/mol. The van der Waals surface area contributed by atoms with Gasteiger partial charge in [0.25, 0.3) is 0 Å². The molecule has 18 heavy (non-hydrogen) atoms. The lowest BCUT2D eigenvalue weighted by atomic mass is 10.0. The second kappa shape index (κ2) is 4.15. The van der Waals surface area contributed by atoms with Crippen molar-refractivity contribution in [2.45, 2.75) is 13.0 Å². The number of rotatable bonds is 2. The van der Waals surface area contributed by atoms with Crippen LogP contribution in [0.5, 0.6) is 0 Å². The molecule has 0 saturated carbocycles. The van der Waals surface area contributed by atoms with Gasteiger partial charge < -0.3 is 5.73 Å². The first-order valence-electron chi connectivity index (χ1n) is 5.60. The van der Waals surface area contributed by atoms with Gasteiger partial charge in [-0.25, -0.2) is 0 Å². The molecule has 3 rings (SSSR count). The van der Waals surface area contributed by atoms with E-state index in [0.29, 0.717) is 5.82 Å². The molecule has 0 bridgehead atoms. The van der Waals surface area contributed by atoms with Crippen LogP contribution in [-0.4, -0.2) is 25.6 Å². The highest BCUT2D eigenvalue weighted by Gasteiger charge is 2.13. The van der Waals surface area contributed by atoms with E-state index in [1.54, 1.807) is 0 Å². The Labute approximate surface area is 103 Å². The summed E-state index contributed by atoms with van der Waals surface area (Å²) in [5.74, 6) is 0.481. The average Bonchev–Trinajstić information content (AvgIpc) is 2.91. The highest BCUT2D eigenvalue weighted by molar-refractivity contribution is 5.79. The zero-order valence-electron chi connectivity index (χ0n) is 9.83. The van der Waals surface area contributed by atoms with Gasteiger partial charge in [-0.3, -0.25) is 4.98 Å². The van der Waals surface area contributed by atoms with Gasteiger partial charge in [-0.15, -0.1) is 10.2 Å². The second-order valence-electron chi connectivity index (χ2n) is 4.15. The SMILES string of the molecule is Cc1ccc2cc(C(N)c3nn[nH]n3)ccc2n1. The summed E-state index contributed by atoms with van der Waals surface area (Å²) in [6.07, 6.45) is 0. The Morgan fingerprint density at radius 1 is 1.22 bits per heavy atom. The van der Waals surface area contributed by atoms with Crippen molar-refractivity contribution in [3.63, 3.8) is 0 Å². The molecule has 1 unspecified atom stereocenters. The van der Waals surface area contributed by atoms with Gasteiger partial charge in [-0.2, -0.15) is 5.21 Å². The molecular formula is C12H12N6. The van der Waals surface area contributed by atoms with Gasteiger partial charge in [0.2, 0.25) is 0 Å². The van der Waals surface area contributed by atoms with Crippen LogP contribution in [0.1, 0.15) is 23.1 Å². The van der Waals surface area contributed by atoms with Crippen molar-refractivity contribution in [1.82, 2.24) is 25.6 Å². The third kappa shape index (κ3) is 1.82. The van der Waals surface area contributed by atoms with Crippen LogP contribution >= 0.6 is 0 Å². The van der Waals surface area contributed by atoms with E-state index in [0.717, 1.165) is 22.2 Å². The number of nitrogens with two attached hydrogens (primary N) is 1. The Hall–Kier alpha value is -2.34. The van der Waals surface area contributed by atoms with Crippen LogP contribution in [0.3, 0.4) is 0 Å². The minimum Gasteiger partial charge on any atom is -0.318 e. The van der Waals surface area contributed by atoms with Crippen molar-refractivity contribution in [2.24, 2.45) is 5.73 Å². The first-order valence-corrected chi connectivity index (χ1v) is 5.60. The quantitative estimate of drug-likeness (QED) is 0.699. The molecule has 1 aromatic carbocycles. The molecule has 3 N–H and O–H groups in total. The van der Waals surface area contributed by atoms with Crippen LogP contribution in [-0.2, 0) is 0 Å². The van der Waals surface area contributed by atoms with E-state index in [4.69, 9.17) is 5.73 Å². The summed E-state index contributed by atoms with van der Waals surface area (Å²) in [4.78, 5) is 4.45. The van der Waals surface area contributed by atoms with Gasteiger partial charge in [0.05, 0.1) is 11.6 Å². The van der Waals surface area contributed by atoms with Crippen molar-refractivity contribution in [1.29, 1.82) is 0 Å². The predicted octanol–water partition coefficient (Wildman–Crippen LogP) is 1.10. The molecule has 0 spiro atoms. The van der Waals surface area contributed by atoms with E-state index in [1.165, 1.54) is 0 Å². The number of benzene rings is 1. The molecular weight excluding hydrogens is 228 g/mol. The third-order valence-corrected chi connectivity index (χ3v) is 2.85. The first kappa shape index (κ1) is 10.8. The van der Waals surface area contributed by atoms with Crippen LogP contribution < -0.4 is 5.73 Å². The largest absolute Gasteiger partial charge is 0.318 e. The Kier molecular flexibility index (Phi) is 2.49. The number of tetrazole rings is 1. The highest BCUT2D eigenvalue weighted by atomic mass is 15.5. The molecule has 2 heterocycles. The van der Waals surface area contributed by atoms with E-state index in [9.17, 15) is 0 Å². The number of nitrogens with one attached hydrogen (secondary N) is 1. The lowest BCUT2D eigenvalue weighted by Crippen LogP contribution is -2.13. The lowest BCUT2D eigenvalue weighted by molar-refractivity contribution is 0.786. The number of hydrogen-bond acceptors (Lipinski definition) is 5. The number of aromatic amines is 1. The molecule has 2 aromatic heterocycles. The molecule has 0 aliphatic rings. The summed E-state index contributed by atoms with van der Waals surface area (Å²) in [5, 5.41) is 14.8. The number of aromatic nitrogens is 5. The molecule has 0 radical (unpaired) electrons. The van der Waals surface area contributed by atoms with Crippen molar-refractivity contribution in [3.05, 3.63) is 47.4 Å². The molecule has 0 saturated heterocycles. The maximum absolute atomic E-state index is 6.08. The van der Waals surface area contributed by atoms with Crippen molar-refractivity contribution >= 4 is 10.9 Å². The van der Waals surface area contributed by atoms with Gasteiger partial charge in [-0.05, 0) is 30.7 Å². The molecule has 0 amide bonds. The molecule has 0 aliphatic carbocycles. The maximum Gasteiger partial charge on any atom is 0.195 e. The third-order valence-electron chi connectivity index (χ3n) is 2.85. The molecule has 1 atom stereocenters. The van der Waals surface area contributed by atoms with Crippen LogP contribution in [0, 0.1) is 6.92 Å². The number of pyridine rings is 1. The van der Waals surface area contributed by atoms with Gasteiger partial charge in [0, 0.05) is 11.1 Å². The monoisotopic (exact) mass is 240 g/mol. The molecule has 0 aliphatic heterocycles. The fourth-order valence-corrected chi connectivity index (χ4v) is 1.89. The van der Waals surface area contributed by atoms with E-state index in [2.05, 4.69) is 25.6 Å². The number of hydrogen-bond donors (Lipinski definition) is 2. The smallest absolute Gasteiger partial charge is 0.195 e. The molecule has 6 nitrogen and oxygen atoms in total. The zero-order chi connectivity index (χ0) is 12.5. The van der Waals surface area contributed by atoms with Crippen LogP contribution in [0.25, 0.3) is 10.9 Å². The van der Waals surface area contributed by atoms with E-state index < -0.39 is 0 Å². The number of fused-ring (bicyclic) bond motifs is 1. The standard InChI is InChI=1S/C12H12N6/c1-7-2-3-8-6-9(4-5-10(8)14-7)11(13)12-15-17-18-16-12/h2-6,11H,13H2,1H3,(H,15,16,17,18). The lowest BCUT2D eigenvalue weighted by Gasteiger charge is -2.08. The average molecular weight is 240 g/mol. The van der Waals surface area contributed by atoms with Crippen molar-refractivity contribution in [2.75, 3.05) is 0 Å². The topological polar surface area (TPSA) is 93.4 Å². The summed E-state index contributed by atoms with van der Waals surface area (Å²) < 4.78 is 0. The molecule has 0 fully saturated rings. The van der Waals surface area contributed by atoms with E-state index in [-0.39, 0.29) is 6.04 Å². The molecule has 3 aromatic rings. The fraction of sp³-hybridized carbons (Fsp3) is 0.167. The summed E-state index contributed by atoms with van der Waals surface area (Å²) in [5.41, 5.74) is 8.97.